The molecule has 0 aliphatic carbocycles. The molecule has 1 aliphatic rings. The van der Waals surface area contributed by atoms with Crippen molar-refractivity contribution in [3.63, 3.8) is 0 Å². The Balaban J connectivity index is 2.12. The van der Waals surface area contributed by atoms with Crippen molar-refractivity contribution in [1.82, 2.24) is 5.32 Å². The summed E-state index contributed by atoms with van der Waals surface area (Å²) in [4.78, 5) is 2.52. The molecule has 0 aromatic heterocycles. The molecule has 3 heteroatoms. The van der Waals surface area contributed by atoms with Gasteiger partial charge in [0.2, 0.25) is 0 Å². The molecule has 2 rings (SSSR count). The quantitative estimate of drug-likeness (QED) is 0.900. The zero-order chi connectivity index (χ0) is 15.5. The third kappa shape index (κ3) is 4.72. The Morgan fingerprint density at radius 1 is 1.33 bits per heavy atom. The van der Waals surface area contributed by atoms with Crippen LogP contribution in [0.3, 0.4) is 0 Å². The fourth-order valence-corrected chi connectivity index (χ4v) is 2.95. The van der Waals surface area contributed by atoms with E-state index in [1.807, 2.05) is 0 Å². The summed E-state index contributed by atoms with van der Waals surface area (Å²) < 4.78 is 5.31. The highest BCUT2D eigenvalue weighted by Crippen LogP contribution is 2.28. The minimum atomic E-state index is 0.143. The SMILES string of the molecule is COCC1CCN(c2ccc(C)cc2CNC(C)(C)C)C1. The second kappa shape index (κ2) is 6.80. The molecule has 1 heterocycles. The van der Waals surface area contributed by atoms with E-state index < -0.39 is 0 Å². The first kappa shape index (κ1) is 16.3. The highest BCUT2D eigenvalue weighted by atomic mass is 16.5. The minimum Gasteiger partial charge on any atom is -0.384 e. The van der Waals surface area contributed by atoms with Crippen LogP contribution in [0.25, 0.3) is 0 Å². The van der Waals surface area contributed by atoms with Crippen LogP contribution in [0.15, 0.2) is 18.2 Å². The van der Waals surface area contributed by atoms with Gasteiger partial charge in [0.05, 0.1) is 6.61 Å². The Morgan fingerprint density at radius 2 is 2.10 bits per heavy atom. The van der Waals surface area contributed by atoms with E-state index in [1.54, 1.807) is 7.11 Å². The topological polar surface area (TPSA) is 24.5 Å². The third-order valence-corrected chi connectivity index (χ3v) is 4.07. The average molecular weight is 290 g/mol. The van der Waals surface area contributed by atoms with Crippen LogP contribution in [0.1, 0.15) is 38.3 Å². The first-order valence-corrected chi connectivity index (χ1v) is 7.97. The fraction of sp³-hybridized carbons (Fsp3) is 0.667. The predicted molar refractivity (Wildman–Crippen MR) is 90.0 cm³/mol. The maximum absolute atomic E-state index is 5.31. The average Bonchev–Trinajstić information content (AvgIpc) is 2.84. The molecule has 1 N–H and O–H groups in total. The molecule has 1 saturated heterocycles. The fourth-order valence-electron chi connectivity index (χ4n) is 2.95. The first-order chi connectivity index (χ1) is 9.89. The lowest BCUT2D eigenvalue weighted by Crippen LogP contribution is -2.35. The highest BCUT2D eigenvalue weighted by molar-refractivity contribution is 5.55. The van der Waals surface area contributed by atoms with E-state index in [0.717, 1.165) is 26.2 Å². The number of hydrogen-bond donors (Lipinski definition) is 1. The second-order valence-corrected chi connectivity index (χ2v) is 7.29. The third-order valence-electron chi connectivity index (χ3n) is 4.07. The second-order valence-electron chi connectivity index (χ2n) is 7.29. The van der Waals surface area contributed by atoms with E-state index in [0.29, 0.717) is 5.92 Å². The lowest BCUT2D eigenvalue weighted by Gasteiger charge is -2.26. The van der Waals surface area contributed by atoms with Gasteiger partial charge >= 0.3 is 0 Å². The summed E-state index contributed by atoms with van der Waals surface area (Å²) in [6.07, 6.45) is 1.23. The molecule has 0 bridgehead atoms. The molecule has 1 aromatic rings. The van der Waals surface area contributed by atoms with E-state index in [2.05, 4.69) is 56.1 Å². The predicted octanol–water partition coefficient (Wildman–Crippen LogP) is 3.36. The van der Waals surface area contributed by atoms with Crippen LogP contribution in [0, 0.1) is 12.8 Å². The van der Waals surface area contributed by atoms with Crippen molar-refractivity contribution in [2.75, 3.05) is 31.7 Å². The van der Waals surface area contributed by atoms with Crippen molar-refractivity contribution < 1.29 is 4.74 Å². The van der Waals surface area contributed by atoms with Crippen molar-refractivity contribution in [2.45, 2.75) is 46.2 Å². The summed E-state index contributed by atoms with van der Waals surface area (Å²) >= 11 is 0. The van der Waals surface area contributed by atoms with Crippen LogP contribution < -0.4 is 10.2 Å². The number of aryl methyl sites for hydroxylation is 1. The van der Waals surface area contributed by atoms with Gasteiger partial charge in [-0.2, -0.15) is 0 Å². The highest BCUT2D eigenvalue weighted by Gasteiger charge is 2.24. The normalized spacial score (nSPS) is 19.3. The van der Waals surface area contributed by atoms with Gasteiger partial charge in [0.15, 0.2) is 0 Å². The van der Waals surface area contributed by atoms with Crippen LogP contribution in [-0.2, 0) is 11.3 Å². The molecular weight excluding hydrogens is 260 g/mol. The van der Waals surface area contributed by atoms with Gasteiger partial charge in [0, 0.05) is 43.9 Å². The molecule has 1 aromatic carbocycles. The van der Waals surface area contributed by atoms with E-state index in [9.17, 15) is 0 Å². The smallest absolute Gasteiger partial charge is 0.0508 e. The molecule has 1 fully saturated rings. The number of ether oxygens (including phenoxy) is 1. The largest absolute Gasteiger partial charge is 0.384 e. The van der Waals surface area contributed by atoms with Gasteiger partial charge in [-0.05, 0) is 45.7 Å². The monoisotopic (exact) mass is 290 g/mol. The number of nitrogens with one attached hydrogen (secondary N) is 1. The molecule has 3 nitrogen and oxygen atoms in total. The zero-order valence-electron chi connectivity index (χ0n) is 14.2. The van der Waals surface area contributed by atoms with E-state index in [-0.39, 0.29) is 5.54 Å². The van der Waals surface area contributed by atoms with Gasteiger partial charge in [-0.3, -0.25) is 0 Å². The van der Waals surface area contributed by atoms with Crippen molar-refractivity contribution in [3.05, 3.63) is 29.3 Å². The summed E-state index contributed by atoms with van der Waals surface area (Å²) in [5, 5.41) is 3.61. The molecule has 1 aliphatic heterocycles. The van der Waals surface area contributed by atoms with Gasteiger partial charge in [-0.25, -0.2) is 0 Å². The molecule has 118 valence electrons. The Bertz CT molecular complexity index is 465. The Morgan fingerprint density at radius 3 is 2.76 bits per heavy atom. The Labute approximate surface area is 129 Å². The molecule has 0 radical (unpaired) electrons. The van der Waals surface area contributed by atoms with Crippen molar-refractivity contribution in [2.24, 2.45) is 5.92 Å². The first-order valence-electron chi connectivity index (χ1n) is 7.97. The molecular formula is C18H30N2O. The molecule has 0 saturated carbocycles. The summed E-state index contributed by atoms with van der Waals surface area (Å²) in [5.41, 5.74) is 4.26. The maximum atomic E-state index is 5.31. The summed E-state index contributed by atoms with van der Waals surface area (Å²) in [6.45, 7) is 12.9. The van der Waals surface area contributed by atoms with Gasteiger partial charge < -0.3 is 15.0 Å². The number of methoxy groups -OCH3 is 1. The number of hydrogen-bond acceptors (Lipinski definition) is 3. The number of anilines is 1. The number of benzene rings is 1. The zero-order valence-corrected chi connectivity index (χ0v) is 14.2. The van der Waals surface area contributed by atoms with E-state index in [4.69, 9.17) is 4.74 Å². The lowest BCUT2D eigenvalue weighted by atomic mass is 10.1. The molecule has 0 spiro atoms. The summed E-state index contributed by atoms with van der Waals surface area (Å²) in [5.74, 6) is 0.666. The Kier molecular flexibility index (Phi) is 5.28. The molecule has 21 heavy (non-hydrogen) atoms. The van der Waals surface area contributed by atoms with Gasteiger partial charge in [-0.1, -0.05) is 17.7 Å². The molecule has 1 atom stereocenters. The van der Waals surface area contributed by atoms with Crippen LogP contribution in [-0.4, -0.2) is 32.3 Å². The van der Waals surface area contributed by atoms with Crippen LogP contribution in [0.2, 0.25) is 0 Å². The van der Waals surface area contributed by atoms with Crippen LogP contribution in [0.4, 0.5) is 5.69 Å². The standard InChI is InChI=1S/C18H30N2O/c1-14-6-7-17(16(10-14)11-19-18(2,3)4)20-9-8-15(12-20)13-21-5/h6-7,10,15,19H,8-9,11-13H2,1-5H3. The van der Waals surface area contributed by atoms with Crippen molar-refractivity contribution >= 4 is 5.69 Å². The van der Waals surface area contributed by atoms with Crippen LogP contribution in [0.5, 0.6) is 0 Å². The van der Waals surface area contributed by atoms with Gasteiger partial charge in [-0.15, -0.1) is 0 Å². The lowest BCUT2D eigenvalue weighted by molar-refractivity contribution is 0.161. The number of rotatable bonds is 5. The summed E-state index contributed by atoms with van der Waals surface area (Å²) in [6, 6.07) is 6.82. The van der Waals surface area contributed by atoms with Crippen LogP contribution >= 0.6 is 0 Å². The Hall–Kier alpha value is -1.06. The van der Waals surface area contributed by atoms with E-state index >= 15 is 0 Å². The molecule has 1 unspecified atom stereocenters. The van der Waals surface area contributed by atoms with Crippen molar-refractivity contribution in [3.8, 4) is 0 Å². The maximum Gasteiger partial charge on any atom is 0.0508 e. The van der Waals surface area contributed by atoms with E-state index in [1.165, 1.54) is 23.2 Å². The summed E-state index contributed by atoms with van der Waals surface area (Å²) in [7, 11) is 1.80. The van der Waals surface area contributed by atoms with Crippen molar-refractivity contribution in [1.29, 1.82) is 0 Å². The van der Waals surface area contributed by atoms with Gasteiger partial charge in [0.1, 0.15) is 0 Å². The van der Waals surface area contributed by atoms with Gasteiger partial charge in [0.25, 0.3) is 0 Å². The number of nitrogens with zero attached hydrogens (tertiary/aromatic N) is 1. The minimum absolute atomic E-state index is 0.143. The molecule has 0 amide bonds.